The molecule has 0 aliphatic carbocycles. The van der Waals surface area contributed by atoms with Crippen LogP contribution in [0.15, 0.2) is 0 Å². The van der Waals surface area contributed by atoms with E-state index in [-0.39, 0.29) is 29.6 Å². The topological polar surface area (TPSA) is 242 Å². The molecule has 0 unspecified atom stereocenters. The van der Waals surface area contributed by atoms with E-state index in [0.29, 0.717) is 0 Å². The van der Waals surface area contributed by atoms with Gasteiger partial charge in [0.1, 0.15) is 0 Å². The van der Waals surface area contributed by atoms with E-state index < -0.39 is 25.9 Å². The first-order chi connectivity index (χ1) is 6.00. The maximum absolute atomic E-state index is 8.91. The summed E-state index contributed by atoms with van der Waals surface area (Å²) in [4.78, 5) is 81.4. The molecule has 0 atom stereocenters. The third kappa shape index (κ3) is 2060. The molecule has 0 bridgehead atoms. The summed E-state index contributed by atoms with van der Waals surface area (Å²) in [5, 5.41) is 0. The van der Waals surface area contributed by atoms with Crippen molar-refractivity contribution in [1.82, 2.24) is 0 Å². The molecule has 96 valence electrons. The van der Waals surface area contributed by atoms with E-state index in [0.717, 1.165) is 0 Å². The molecule has 12 nitrogen and oxygen atoms in total. The second-order valence-electron chi connectivity index (χ2n) is 1.69. The molecule has 16 heavy (non-hydrogen) atoms. The molecule has 0 rings (SSSR count). The van der Waals surface area contributed by atoms with Crippen molar-refractivity contribution in [2.75, 3.05) is 0 Å². The van der Waals surface area contributed by atoms with Gasteiger partial charge >= 0.3 is 55.5 Å². The van der Waals surface area contributed by atoms with Crippen LogP contribution < -0.4 is 34.4 Å². The minimum atomic E-state index is -4.86. The van der Waals surface area contributed by atoms with Gasteiger partial charge in [-0.15, -0.1) is 0 Å². The molecule has 0 aliphatic heterocycles. The summed E-state index contributed by atoms with van der Waals surface area (Å²) in [6, 6.07) is 0. The van der Waals surface area contributed by atoms with Crippen molar-refractivity contribution >= 4 is 25.9 Å². The average Bonchev–Trinajstić information content (AvgIpc) is 1.41. The molecule has 0 amide bonds. The van der Waals surface area contributed by atoms with Crippen molar-refractivity contribution in [2.24, 2.45) is 0 Å². The fourth-order valence-electron chi connectivity index (χ4n) is 0. The molecule has 0 heterocycles. The Bertz CT molecular complexity index is 152. The van der Waals surface area contributed by atoms with Gasteiger partial charge in [-0.3, -0.25) is 0 Å². The van der Waals surface area contributed by atoms with E-state index in [4.69, 9.17) is 57.6 Å². The molecule has 0 aromatic carbocycles. The van der Waals surface area contributed by atoms with E-state index in [1.807, 2.05) is 0 Å². The number of phosphoric acid groups is 1. The Morgan fingerprint density at radius 2 is 0.812 bits per heavy atom. The minimum Gasteiger partial charge on any atom is -0.794 e. The Morgan fingerprint density at radius 1 is 0.812 bits per heavy atom. The van der Waals surface area contributed by atoms with Crippen molar-refractivity contribution in [1.29, 1.82) is 0 Å². The van der Waals surface area contributed by atoms with Crippen molar-refractivity contribution < 1.29 is 87.2 Å². The molecule has 0 radical (unpaired) electrons. The third-order valence-corrected chi connectivity index (χ3v) is 0. The van der Waals surface area contributed by atoms with Crippen molar-refractivity contribution in [3.05, 3.63) is 0 Å². The Hall–Kier alpha value is 1.22. The van der Waals surface area contributed by atoms with E-state index in [2.05, 4.69) is 0 Å². The zero-order chi connectivity index (χ0) is 13.5. The van der Waals surface area contributed by atoms with E-state index in [1.54, 1.807) is 0 Å². The number of hydrogen-bond donors (Lipinski definition) is 10. The summed E-state index contributed by atoms with van der Waals surface area (Å²) in [6.07, 6.45) is 0. The molecular weight excluding hydrogens is 302 g/mol. The van der Waals surface area contributed by atoms with Crippen LogP contribution in [-0.4, -0.2) is 66.3 Å². The van der Waals surface area contributed by atoms with E-state index in [1.165, 1.54) is 0 Å². The molecular formula is H10NaO12PSi2. The van der Waals surface area contributed by atoms with Crippen LogP contribution >= 0.6 is 7.82 Å². The molecule has 0 aromatic rings. The Kier molecular flexibility index (Phi) is 16.5. The van der Waals surface area contributed by atoms with Gasteiger partial charge in [-0.1, -0.05) is 0 Å². The van der Waals surface area contributed by atoms with Gasteiger partial charge in [-0.2, -0.15) is 0 Å². The largest absolute Gasteiger partial charge is 1.00 e. The van der Waals surface area contributed by atoms with Gasteiger partial charge in [0.15, 0.2) is 0 Å². The Balaban J connectivity index is -0.0000000655. The van der Waals surface area contributed by atoms with Crippen LogP contribution in [0.5, 0.6) is 0 Å². The van der Waals surface area contributed by atoms with Gasteiger partial charge in [0.05, 0.1) is 0 Å². The van der Waals surface area contributed by atoms with Crippen LogP contribution in [0.2, 0.25) is 0 Å². The normalized spacial score (nSPS) is 11.2. The molecule has 0 saturated heterocycles. The molecule has 10 N–H and O–H groups in total. The SMILES string of the molecule is O=P(O)(O)O.O[Si](O)(O)O.[Na+].[O-][Si](O)(O)O. The zero-order valence-electron chi connectivity index (χ0n) is 7.74. The third-order valence-electron chi connectivity index (χ3n) is 0. The quantitative estimate of drug-likeness (QED) is 0.148. The smallest absolute Gasteiger partial charge is 0.794 e. The molecule has 0 aromatic heterocycles. The summed E-state index contributed by atoms with van der Waals surface area (Å²) in [7, 11) is -14.1. The monoisotopic (exact) mass is 312 g/mol. The van der Waals surface area contributed by atoms with Crippen LogP contribution in [0.4, 0.5) is 0 Å². The molecule has 0 aliphatic rings. The van der Waals surface area contributed by atoms with Gasteiger partial charge in [0.2, 0.25) is 0 Å². The maximum atomic E-state index is 8.91. The van der Waals surface area contributed by atoms with Crippen molar-refractivity contribution in [3.8, 4) is 0 Å². The first-order valence-electron chi connectivity index (χ1n) is 2.55. The fraction of sp³-hybridized carbons (Fsp3) is 0. The van der Waals surface area contributed by atoms with Gasteiger partial charge in [0, 0.05) is 0 Å². The first kappa shape index (κ1) is 25.9. The molecule has 0 fully saturated rings. The maximum Gasteiger partial charge on any atom is 1.00 e. The van der Waals surface area contributed by atoms with Gasteiger partial charge < -0.3 is 53.0 Å². The predicted molar refractivity (Wildman–Crippen MR) is 41.3 cm³/mol. The summed E-state index contributed by atoms with van der Waals surface area (Å²) < 4.78 is 8.88. The minimum absolute atomic E-state index is 0. The second-order valence-corrected chi connectivity index (χ2v) is 5.06. The first-order valence-corrected chi connectivity index (χ1v) is 7.66. The van der Waals surface area contributed by atoms with Gasteiger partial charge in [-0.05, 0) is 0 Å². The fourth-order valence-corrected chi connectivity index (χ4v) is 0. The molecule has 0 saturated carbocycles. The van der Waals surface area contributed by atoms with E-state index in [9.17, 15) is 0 Å². The summed E-state index contributed by atoms with van der Waals surface area (Å²) in [5.74, 6) is 0. The van der Waals surface area contributed by atoms with E-state index >= 15 is 0 Å². The van der Waals surface area contributed by atoms with Gasteiger partial charge in [0.25, 0.3) is 0 Å². The standard InChI is InChI=1S/Na.H3O4P.H4O4Si.H3O4Si/c;3*1-5(2,3)4/h;(H3,1,2,3,4);1-4H;1-3H/q+1;;;-1. The van der Waals surface area contributed by atoms with Gasteiger partial charge in [-0.25, -0.2) is 4.57 Å². The number of hydrogen-bond acceptors (Lipinski definition) is 9. The average molecular weight is 312 g/mol. The predicted octanol–water partition coefficient (Wildman–Crippen LogP) is -9.77. The summed E-state index contributed by atoms with van der Waals surface area (Å²) >= 11 is 0. The summed E-state index contributed by atoms with van der Waals surface area (Å²) in [6.45, 7) is 0. The summed E-state index contributed by atoms with van der Waals surface area (Å²) in [5.41, 5.74) is 0. The van der Waals surface area contributed by atoms with Crippen molar-refractivity contribution in [2.45, 2.75) is 0 Å². The zero-order valence-corrected chi connectivity index (χ0v) is 12.6. The Labute approximate surface area is 113 Å². The molecule has 16 heteroatoms. The second kappa shape index (κ2) is 10.2. The Morgan fingerprint density at radius 3 is 0.812 bits per heavy atom. The van der Waals surface area contributed by atoms with Crippen LogP contribution in [0.25, 0.3) is 0 Å². The van der Waals surface area contributed by atoms with Crippen molar-refractivity contribution in [3.63, 3.8) is 0 Å². The van der Waals surface area contributed by atoms with Crippen LogP contribution in [0, 0.1) is 0 Å². The van der Waals surface area contributed by atoms with Crippen LogP contribution in [0.1, 0.15) is 0 Å². The van der Waals surface area contributed by atoms with Crippen LogP contribution in [-0.2, 0) is 4.57 Å². The molecule has 0 spiro atoms. The number of rotatable bonds is 0. The van der Waals surface area contributed by atoms with Crippen LogP contribution in [0.3, 0.4) is 0 Å².